The van der Waals surface area contributed by atoms with Crippen LogP contribution in [0.2, 0.25) is 0 Å². The van der Waals surface area contributed by atoms with Gasteiger partial charge >= 0.3 is 0 Å². The van der Waals surface area contributed by atoms with Crippen molar-refractivity contribution in [3.8, 4) is 0 Å². The van der Waals surface area contributed by atoms with Crippen LogP contribution < -0.4 is 15.1 Å². The average molecular weight is 393 g/mol. The maximum atomic E-state index is 12.7. The number of carbonyl (C=O) groups excluding carboxylic acids is 2. The maximum Gasteiger partial charge on any atom is 0.255 e. The second-order valence-electron chi connectivity index (χ2n) is 7.59. The van der Waals surface area contributed by atoms with Crippen LogP contribution in [-0.2, 0) is 4.79 Å². The van der Waals surface area contributed by atoms with Crippen molar-refractivity contribution in [2.45, 2.75) is 19.8 Å². The number of anilines is 3. The van der Waals surface area contributed by atoms with Gasteiger partial charge in [-0.05, 0) is 49.2 Å². The third kappa shape index (κ3) is 4.50. The van der Waals surface area contributed by atoms with Gasteiger partial charge in [-0.25, -0.2) is 4.98 Å². The number of rotatable bonds is 4. The number of amides is 2. The standard InChI is InChI=1S/C22H27N5O2/c1-17(28)25-12-14-27(15-13-25)21-16-18(8-9-23-21)22(29)24-19-4-6-20(7-5-19)26-10-2-3-11-26/h4-9,16H,2-3,10-15H2,1H3,(H,24,29). The van der Waals surface area contributed by atoms with Gasteiger partial charge in [0.2, 0.25) is 5.91 Å². The van der Waals surface area contributed by atoms with E-state index in [1.807, 2.05) is 23.1 Å². The molecule has 2 saturated heterocycles. The van der Waals surface area contributed by atoms with Crippen molar-refractivity contribution >= 4 is 29.0 Å². The predicted octanol–water partition coefficient (Wildman–Crippen LogP) is 2.60. The van der Waals surface area contributed by atoms with Gasteiger partial charge in [-0.2, -0.15) is 0 Å². The first-order valence-electron chi connectivity index (χ1n) is 10.2. The van der Waals surface area contributed by atoms with E-state index < -0.39 is 0 Å². The van der Waals surface area contributed by atoms with E-state index in [2.05, 4.69) is 32.2 Å². The Labute approximate surface area is 171 Å². The van der Waals surface area contributed by atoms with E-state index >= 15 is 0 Å². The van der Waals surface area contributed by atoms with Crippen molar-refractivity contribution in [1.29, 1.82) is 0 Å². The summed E-state index contributed by atoms with van der Waals surface area (Å²) in [5, 5.41) is 2.97. The molecule has 0 bridgehead atoms. The van der Waals surface area contributed by atoms with Crippen LogP contribution in [0.15, 0.2) is 42.6 Å². The Kier molecular flexibility index (Phi) is 5.64. The third-order valence-corrected chi connectivity index (χ3v) is 5.65. The number of hydrogen-bond donors (Lipinski definition) is 1. The number of benzene rings is 1. The lowest BCUT2D eigenvalue weighted by Gasteiger charge is -2.35. The minimum absolute atomic E-state index is 0.0986. The Balaban J connectivity index is 1.39. The Morgan fingerprint density at radius 1 is 0.897 bits per heavy atom. The summed E-state index contributed by atoms with van der Waals surface area (Å²) in [6.45, 7) is 6.59. The van der Waals surface area contributed by atoms with Gasteiger partial charge < -0.3 is 20.0 Å². The van der Waals surface area contributed by atoms with E-state index in [0.717, 1.165) is 37.7 Å². The smallest absolute Gasteiger partial charge is 0.255 e. The van der Waals surface area contributed by atoms with Crippen molar-refractivity contribution in [1.82, 2.24) is 9.88 Å². The van der Waals surface area contributed by atoms with Crippen LogP contribution in [0.5, 0.6) is 0 Å². The Hall–Kier alpha value is -3.09. The quantitative estimate of drug-likeness (QED) is 0.865. The highest BCUT2D eigenvalue weighted by molar-refractivity contribution is 6.04. The van der Waals surface area contributed by atoms with E-state index in [0.29, 0.717) is 18.7 Å². The lowest BCUT2D eigenvalue weighted by atomic mass is 10.2. The van der Waals surface area contributed by atoms with Gasteiger partial charge in [0.05, 0.1) is 0 Å². The number of nitrogens with one attached hydrogen (secondary N) is 1. The molecule has 7 nitrogen and oxygen atoms in total. The van der Waals surface area contributed by atoms with Crippen molar-refractivity contribution in [2.75, 3.05) is 54.4 Å². The molecule has 152 valence electrons. The van der Waals surface area contributed by atoms with Crippen LogP contribution >= 0.6 is 0 Å². The molecule has 7 heteroatoms. The number of piperazine rings is 1. The number of carbonyl (C=O) groups is 2. The number of pyridine rings is 1. The van der Waals surface area contributed by atoms with Crippen molar-refractivity contribution < 1.29 is 9.59 Å². The van der Waals surface area contributed by atoms with Crippen molar-refractivity contribution in [3.05, 3.63) is 48.2 Å². The molecule has 0 aliphatic carbocycles. The van der Waals surface area contributed by atoms with Crippen molar-refractivity contribution in [2.24, 2.45) is 0 Å². The maximum absolute atomic E-state index is 12.7. The number of aromatic nitrogens is 1. The van der Waals surface area contributed by atoms with Gasteiger partial charge in [0.1, 0.15) is 5.82 Å². The van der Waals surface area contributed by atoms with E-state index in [-0.39, 0.29) is 11.8 Å². The molecule has 1 aromatic heterocycles. The molecule has 0 spiro atoms. The van der Waals surface area contributed by atoms with Crippen LogP contribution in [0.1, 0.15) is 30.1 Å². The first kappa shape index (κ1) is 19.2. The van der Waals surface area contributed by atoms with Crippen LogP contribution in [0.3, 0.4) is 0 Å². The molecule has 2 amide bonds. The van der Waals surface area contributed by atoms with Crippen LogP contribution in [0.4, 0.5) is 17.2 Å². The average Bonchev–Trinajstić information content (AvgIpc) is 3.29. The second-order valence-corrected chi connectivity index (χ2v) is 7.59. The molecule has 4 rings (SSSR count). The van der Waals surface area contributed by atoms with Gasteiger partial charge in [-0.15, -0.1) is 0 Å². The van der Waals surface area contributed by atoms with Gasteiger partial charge in [0, 0.05) is 69.3 Å². The monoisotopic (exact) mass is 393 g/mol. The van der Waals surface area contributed by atoms with E-state index in [9.17, 15) is 9.59 Å². The summed E-state index contributed by atoms with van der Waals surface area (Å²) in [5.41, 5.74) is 2.57. The molecular formula is C22H27N5O2. The highest BCUT2D eigenvalue weighted by Gasteiger charge is 2.20. The second kappa shape index (κ2) is 8.51. The fourth-order valence-corrected chi connectivity index (χ4v) is 3.92. The Morgan fingerprint density at radius 2 is 1.59 bits per heavy atom. The SMILES string of the molecule is CC(=O)N1CCN(c2cc(C(=O)Nc3ccc(N4CCCC4)cc3)ccn2)CC1. The molecule has 0 saturated carbocycles. The predicted molar refractivity (Wildman–Crippen MR) is 115 cm³/mol. The molecule has 1 N–H and O–H groups in total. The summed E-state index contributed by atoms with van der Waals surface area (Å²) in [5.74, 6) is 0.719. The lowest BCUT2D eigenvalue weighted by molar-refractivity contribution is -0.129. The molecule has 2 aliphatic rings. The molecule has 0 radical (unpaired) electrons. The zero-order valence-corrected chi connectivity index (χ0v) is 16.8. The zero-order valence-electron chi connectivity index (χ0n) is 16.8. The molecule has 29 heavy (non-hydrogen) atoms. The summed E-state index contributed by atoms with van der Waals surface area (Å²) in [6.07, 6.45) is 4.15. The first-order valence-corrected chi connectivity index (χ1v) is 10.2. The summed E-state index contributed by atoms with van der Waals surface area (Å²) in [4.78, 5) is 34.9. The Morgan fingerprint density at radius 3 is 2.24 bits per heavy atom. The van der Waals surface area contributed by atoms with Crippen molar-refractivity contribution in [3.63, 3.8) is 0 Å². The minimum atomic E-state index is -0.148. The summed E-state index contributed by atoms with van der Waals surface area (Å²) in [6, 6.07) is 11.6. The molecule has 0 unspecified atom stereocenters. The number of nitrogens with zero attached hydrogens (tertiary/aromatic N) is 4. The fraction of sp³-hybridized carbons (Fsp3) is 0.409. The van der Waals surface area contributed by atoms with Gasteiger partial charge in [-0.1, -0.05) is 0 Å². The van der Waals surface area contributed by atoms with Gasteiger partial charge in [0.15, 0.2) is 0 Å². The fourth-order valence-electron chi connectivity index (χ4n) is 3.92. The van der Waals surface area contributed by atoms with Gasteiger partial charge in [-0.3, -0.25) is 9.59 Å². The lowest BCUT2D eigenvalue weighted by Crippen LogP contribution is -2.48. The third-order valence-electron chi connectivity index (χ3n) is 5.65. The normalized spacial score (nSPS) is 16.8. The van der Waals surface area contributed by atoms with Crippen LogP contribution in [0.25, 0.3) is 0 Å². The molecule has 2 aliphatic heterocycles. The molecule has 2 aromatic rings. The highest BCUT2D eigenvalue weighted by atomic mass is 16.2. The van der Waals surface area contributed by atoms with E-state index in [1.165, 1.54) is 18.5 Å². The van der Waals surface area contributed by atoms with Gasteiger partial charge in [0.25, 0.3) is 5.91 Å². The molecule has 2 fully saturated rings. The summed E-state index contributed by atoms with van der Waals surface area (Å²) < 4.78 is 0. The topological polar surface area (TPSA) is 68.8 Å². The van der Waals surface area contributed by atoms with Crippen LogP contribution in [0, 0.1) is 0 Å². The van der Waals surface area contributed by atoms with E-state index in [4.69, 9.17) is 0 Å². The van der Waals surface area contributed by atoms with E-state index in [1.54, 1.807) is 19.2 Å². The molecular weight excluding hydrogens is 366 g/mol. The summed E-state index contributed by atoms with van der Waals surface area (Å²) in [7, 11) is 0. The molecule has 3 heterocycles. The zero-order chi connectivity index (χ0) is 20.2. The Bertz CT molecular complexity index is 869. The largest absolute Gasteiger partial charge is 0.372 e. The molecule has 0 atom stereocenters. The minimum Gasteiger partial charge on any atom is -0.372 e. The first-order chi connectivity index (χ1) is 14.1. The van der Waals surface area contributed by atoms with Crippen LogP contribution in [-0.4, -0.2) is 61.0 Å². The molecule has 1 aromatic carbocycles. The summed E-state index contributed by atoms with van der Waals surface area (Å²) >= 11 is 0. The highest BCUT2D eigenvalue weighted by Crippen LogP contribution is 2.23. The number of hydrogen-bond acceptors (Lipinski definition) is 5.